The first-order valence-corrected chi connectivity index (χ1v) is 6.40. The van der Waals surface area contributed by atoms with Crippen LogP contribution < -0.4 is 5.73 Å². The smallest absolute Gasteiger partial charge is 0.142 e. The number of rotatable bonds is 1. The Morgan fingerprint density at radius 3 is 3.00 bits per heavy atom. The lowest BCUT2D eigenvalue weighted by Gasteiger charge is -2.00. The van der Waals surface area contributed by atoms with Gasteiger partial charge in [-0.05, 0) is 30.0 Å². The molecule has 0 saturated heterocycles. The molecule has 0 aliphatic heterocycles. The van der Waals surface area contributed by atoms with Crippen molar-refractivity contribution >= 4 is 34.4 Å². The summed E-state index contributed by atoms with van der Waals surface area (Å²) in [5.41, 5.74) is 8.82. The average Bonchev–Trinajstić information content (AvgIpc) is 2.87. The highest BCUT2D eigenvalue weighted by Gasteiger charge is 2.13. The van der Waals surface area contributed by atoms with Crippen molar-refractivity contribution in [3.8, 4) is 10.6 Å². The van der Waals surface area contributed by atoms with Crippen LogP contribution in [0.2, 0.25) is 5.02 Å². The van der Waals surface area contributed by atoms with Gasteiger partial charge in [0.1, 0.15) is 17.2 Å². The van der Waals surface area contributed by atoms with E-state index in [4.69, 9.17) is 17.3 Å². The fraction of sp³-hybridized carbons (Fsp3) is 0.0833. The number of fused-ring (bicyclic) bond motifs is 1. The molecule has 3 aromatic rings. The third kappa shape index (κ3) is 1.61. The number of nitrogen functional groups attached to an aromatic ring is 1. The third-order valence-electron chi connectivity index (χ3n) is 2.66. The summed E-state index contributed by atoms with van der Waals surface area (Å²) < 4.78 is 1.84. The van der Waals surface area contributed by atoms with Crippen molar-refractivity contribution in [2.75, 3.05) is 5.73 Å². The Hall–Kier alpha value is -1.52. The molecule has 5 heteroatoms. The van der Waals surface area contributed by atoms with Gasteiger partial charge in [-0.3, -0.25) is 4.40 Å². The van der Waals surface area contributed by atoms with E-state index in [9.17, 15) is 0 Å². The Kier molecular flexibility index (Phi) is 2.34. The maximum absolute atomic E-state index is 6.12. The number of halogens is 1. The van der Waals surface area contributed by atoms with Crippen LogP contribution in [-0.2, 0) is 0 Å². The average molecular weight is 264 g/mol. The molecule has 0 amide bonds. The standard InChI is InChI=1S/C12H10ClN3S/c1-7-5-8(13)6-16-11(14)10(15-12(7)16)9-3-2-4-17-9/h2-6H,14H2,1H3. The maximum atomic E-state index is 6.12. The Balaban J connectivity index is 2.36. The zero-order valence-corrected chi connectivity index (χ0v) is 10.7. The van der Waals surface area contributed by atoms with Crippen LogP contribution in [0.1, 0.15) is 5.56 Å². The molecule has 3 aromatic heterocycles. The predicted octanol–water partition coefficient (Wildman–Crippen LogP) is 3.61. The summed E-state index contributed by atoms with van der Waals surface area (Å²) in [6.45, 7) is 1.98. The molecular weight excluding hydrogens is 254 g/mol. The summed E-state index contributed by atoms with van der Waals surface area (Å²) in [4.78, 5) is 5.66. The van der Waals surface area contributed by atoms with Crippen LogP contribution in [0, 0.1) is 6.92 Å². The molecule has 0 unspecified atom stereocenters. The highest BCUT2D eigenvalue weighted by Crippen LogP contribution is 2.31. The zero-order chi connectivity index (χ0) is 12.0. The second-order valence-electron chi connectivity index (χ2n) is 3.86. The molecular formula is C12H10ClN3S. The van der Waals surface area contributed by atoms with Gasteiger partial charge in [-0.15, -0.1) is 11.3 Å². The maximum Gasteiger partial charge on any atom is 0.142 e. The summed E-state index contributed by atoms with van der Waals surface area (Å²) >= 11 is 7.66. The molecule has 3 rings (SSSR count). The molecule has 86 valence electrons. The van der Waals surface area contributed by atoms with Gasteiger partial charge >= 0.3 is 0 Å². The summed E-state index contributed by atoms with van der Waals surface area (Å²) in [5, 5.41) is 2.68. The van der Waals surface area contributed by atoms with E-state index in [1.54, 1.807) is 17.5 Å². The van der Waals surface area contributed by atoms with Crippen LogP contribution in [0.25, 0.3) is 16.2 Å². The van der Waals surface area contributed by atoms with Gasteiger partial charge in [-0.25, -0.2) is 4.98 Å². The molecule has 0 aromatic carbocycles. The summed E-state index contributed by atoms with van der Waals surface area (Å²) in [7, 11) is 0. The fourth-order valence-corrected chi connectivity index (χ4v) is 2.86. The third-order valence-corrected chi connectivity index (χ3v) is 3.75. The number of aromatic nitrogens is 2. The Labute approximate surface area is 107 Å². The molecule has 0 spiro atoms. The Morgan fingerprint density at radius 1 is 1.47 bits per heavy atom. The van der Waals surface area contributed by atoms with Crippen molar-refractivity contribution in [3.05, 3.63) is 40.4 Å². The lowest BCUT2D eigenvalue weighted by atomic mass is 10.3. The first-order chi connectivity index (χ1) is 8.16. The molecule has 2 N–H and O–H groups in total. The van der Waals surface area contributed by atoms with Crippen molar-refractivity contribution in [1.29, 1.82) is 0 Å². The van der Waals surface area contributed by atoms with Gasteiger partial charge in [0.15, 0.2) is 0 Å². The number of aryl methyl sites for hydroxylation is 1. The number of nitrogens with two attached hydrogens (primary N) is 1. The van der Waals surface area contributed by atoms with Crippen LogP contribution in [0.5, 0.6) is 0 Å². The minimum absolute atomic E-state index is 0.632. The van der Waals surface area contributed by atoms with Gasteiger partial charge in [-0.2, -0.15) is 0 Å². The summed E-state index contributed by atoms with van der Waals surface area (Å²) in [6, 6.07) is 5.89. The molecule has 0 fully saturated rings. The minimum atomic E-state index is 0.632. The number of thiophene rings is 1. The molecule has 3 heterocycles. The fourth-order valence-electron chi connectivity index (χ4n) is 1.88. The van der Waals surface area contributed by atoms with Crippen LogP contribution >= 0.6 is 22.9 Å². The lowest BCUT2D eigenvalue weighted by Crippen LogP contribution is -1.94. The van der Waals surface area contributed by atoms with E-state index < -0.39 is 0 Å². The van der Waals surface area contributed by atoms with Gasteiger partial charge < -0.3 is 5.73 Å². The lowest BCUT2D eigenvalue weighted by molar-refractivity contribution is 1.17. The van der Waals surface area contributed by atoms with Gasteiger partial charge in [0, 0.05) is 6.20 Å². The van der Waals surface area contributed by atoms with E-state index in [-0.39, 0.29) is 0 Å². The molecule has 0 saturated carbocycles. The largest absolute Gasteiger partial charge is 0.383 e. The molecule has 0 aliphatic rings. The minimum Gasteiger partial charge on any atom is -0.383 e. The van der Waals surface area contributed by atoms with E-state index in [1.807, 2.05) is 34.9 Å². The molecule has 0 radical (unpaired) electrons. The predicted molar refractivity (Wildman–Crippen MR) is 72.7 cm³/mol. The normalized spacial score (nSPS) is 11.2. The molecule has 0 atom stereocenters. The molecule has 0 aliphatic carbocycles. The number of hydrogen-bond acceptors (Lipinski definition) is 3. The van der Waals surface area contributed by atoms with Gasteiger partial charge in [0.05, 0.1) is 9.90 Å². The van der Waals surface area contributed by atoms with Gasteiger partial charge in [-0.1, -0.05) is 17.7 Å². The van der Waals surface area contributed by atoms with Crippen molar-refractivity contribution < 1.29 is 0 Å². The number of hydrogen-bond donors (Lipinski definition) is 1. The molecule has 3 nitrogen and oxygen atoms in total. The van der Waals surface area contributed by atoms with Crippen LogP contribution in [0.15, 0.2) is 29.8 Å². The highest BCUT2D eigenvalue weighted by molar-refractivity contribution is 7.13. The summed E-state index contributed by atoms with van der Waals surface area (Å²) in [5.74, 6) is 0.632. The van der Waals surface area contributed by atoms with E-state index in [0.29, 0.717) is 10.8 Å². The zero-order valence-electron chi connectivity index (χ0n) is 9.14. The first kappa shape index (κ1) is 10.6. The number of pyridine rings is 1. The number of nitrogens with zero attached hydrogens (tertiary/aromatic N) is 2. The Bertz CT molecular complexity index is 685. The Morgan fingerprint density at radius 2 is 2.29 bits per heavy atom. The van der Waals surface area contributed by atoms with Crippen LogP contribution in [0.4, 0.5) is 5.82 Å². The first-order valence-electron chi connectivity index (χ1n) is 5.14. The monoisotopic (exact) mass is 263 g/mol. The van der Waals surface area contributed by atoms with E-state index >= 15 is 0 Å². The SMILES string of the molecule is Cc1cc(Cl)cn2c(N)c(-c3cccs3)nc12. The van der Waals surface area contributed by atoms with Crippen LogP contribution in [-0.4, -0.2) is 9.38 Å². The topological polar surface area (TPSA) is 43.3 Å². The van der Waals surface area contributed by atoms with Gasteiger partial charge in [0.2, 0.25) is 0 Å². The summed E-state index contributed by atoms with van der Waals surface area (Å²) in [6.07, 6.45) is 1.79. The van der Waals surface area contributed by atoms with Crippen molar-refractivity contribution in [2.24, 2.45) is 0 Å². The van der Waals surface area contributed by atoms with Crippen LogP contribution in [0.3, 0.4) is 0 Å². The number of imidazole rings is 1. The van der Waals surface area contributed by atoms with E-state index in [2.05, 4.69) is 4.98 Å². The number of anilines is 1. The van der Waals surface area contributed by atoms with Crippen molar-refractivity contribution in [1.82, 2.24) is 9.38 Å². The quantitative estimate of drug-likeness (QED) is 0.729. The van der Waals surface area contributed by atoms with Crippen molar-refractivity contribution in [2.45, 2.75) is 6.92 Å². The molecule has 0 bridgehead atoms. The van der Waals surface area contributed by atoms with E-state index in [0.717, 1.165) is 21.8 Å². The highest BCUT2D eigenvalue weighted by atomic mass is 35.5. The second kappa shape index (κ2) is 3.75. The van der Waals surface area contributed by atoms with Gasteiger partial charge in [0.25, 0.3) is 0 Å². The van der Waals surface area contributed by atoms with E-state index in [1.165, 1.54) is 0 Å². The van der Waals surface area contributed by atoms with Crippen molar-refractivity contribution in [3.63, 3.8) is 0 Å². The molecule has 17 heavy (non-hydrogen) atoms. The second-order valence-corrected chi connectivity index (χ2v) is 5.24.